The van der Waals surface area contributed by atoms with E-state index in [1.807, 2.05) is 30.3 Å². The third-order valence-electron chi connectivity index (χ3n) is 6.56. The molecule has 0 saturated carbocycles. The summed E-state index contributed by atoms with van der Waals surface area (Å²) in [5.74, 6) is -0.298. The number of hydrogen-bond acceptors (Lipinski definition) is 7. The quantitative estimate of drug-likeness (QED) is 0.177. The maximum absolute atomic E-state index is 13.4. The predicted octanol–water partition coefficient (Wildman–Crippen LogP) is 6.11. The summed E-state index contributed by atoms with van der Waals surface area (Å²) in [6.07, 6.45) is 3.76. The van der Waals surface area contributed by atoms with Crippen molar-refractivity contribution in [2.24, 2.45) is 0 Å². The number of anilines is 2. The van der Waals surface area contributed by atoms with E-state index in [2.05, 4.69) is 17.6 Å². The van der Waals surface area contributed by atoms with Crippen LogP contribution in [0.4, 0.5) is 11.4 Å². The van der Waals surface area contributed by atoms with Gasteiger partial charge in [-0.15, -0.1) is 0 Å². The van der Waals surface area contributed by atoms with Crippen LogP contribution in [-0.4, -0.2) is 50.0 Å². The van der Waals surface area contributed by atoms with Gasteiger partial charge in [0.2, 0.25) is 0 Å². The molecule has 41 heavy (non-hydrogen) atoms. The van der Waals surface area contributed by atoms with Gasteiger partial charge in [0.05, 0.1) is 7.11 Å². The fourth-order valence-electron chi connectivity index (χ4n) is 4.31. The standard InChI is InChI=1S/C32H35N3O5S/c1-4-5-8-22-11-13-23(14-12-22)30(36)34-25-9-6-10-27(21-25)41-29-28(33-24-15-17-26(40-3)18-16-24)31(37)35(32(29)38)19-7-20-39-2/h6,9-18,21,33H,4-5,7-8,19-20H2,1-3H3,(H,34,36). The predicted molar refractivity (Wildman–Crippen MR) is 162 cm³/mol. The Morgan fingerprint density at radius 3 is 2.34 bits per heavy atom. The fourth-order valence-corrected chi connectivity index (χ4v) is 5.32. The summed E-state index contributed by atoms with van der Waals surface area (Å²) in [7, 11) is 3.16. The van der Waals surface area contributed by atoms with Crippen molar-refractivity contribution >= 4 is 40.9 Å². The molecule has 0 aliphatic carbocycles. The number of rotatable bonds is 14. The summed E-state index contributed by atoms with van der Waals surface area (Å²) >= 11 is 1.19. The number of carbonyl (C=O) groups excluding carboxylic acids is 3. The number of nitrogens with zero attached hydrogens (tertiary/aromatic N) is 1. The molecule has 9 heteroatoms. The number of carbonyl (C=O) groups is 3. The van der Waals surface area contributed by atoms with E-state index in [1.54, 1.807) is 56.7 Å². The van der Waals surface area contributed by atoms with E-state index in [-0.39, 0.29) is 29.0 Å². The Balaban J connectivity index is 1.53. The molecular formula is C32H35N3O5S. The maximum Gasteiger partial charge on any atom is 0.278 e. The van der Waals surface area contributed by atoms with Gasteiger partial charge in [0.25, 0.3) is 17.7 Å². The molecular weight excluding hydrogens is 538 g/mol. The zero-order valence-corrected chi connectivity index (χ0v) is 24.4. The topological polar surface area (TPSA) is 97.0 Å². The molecule has 0 aromatic heterocycles. The van der Waals surface area contributed by atoms with Crippen LogP contribution in [0.1, 0.15) is 42.1 Å². The Bertz CT molecular complexity index is 1400. The Morgan fingerprint density at radius 1 is 0.902 bits per heavy atom. The number of thioether (sulfide) groups is 1. The molecule has 3 aromatic carbocycles. The molecule has 0 fully saturated rings. The maximum atomic E-state index is 13.4. The number of hydrogen-bond donors (Lipinski definition) is 2. The number of ether oxygens (including phenoxy) is 2. The first kappa shape index (κ1) is 29.9. The molecule has 1 aliphatic heterocycles. The van der Waals surface area contributed by atoms with Crippen molar-refractivity contribution in [3.8, 4) is 5.75 Å². The average Bonchev–Trinajstić information content (AvgIpc) is 3.20. The van der Waals surface area contributed by atoms with Crippen LogP contribution in [0, 0.1) is 0 Å². The van der Waals surface area contributed by atoms with E-state index in [0.29, 0.717) is 40.6 Å². The van der Waals surface area contributed by atoms with Crippen molar-refractivity contribution in [3.63, 3.8) is 0 Å². The summed E-state index contributed by atoms with van der Waals surface area (Å²) in [5.41, 5.74) is 3.23. The molecule has 1 heterocycles. The second-order valence-corrected chi connectivity index (χ2v) is 10.6. The van der Waals surface area contributed by atoms with Gasteiger partial charge in [-0.2, -0.15) is 0 Å². The summed E-state index contributed by atoms with van der Waals surface area (Å²) < 4.78 is 10.3. The monoisotopic (exact) mass is 573 g/mol. The lowest BCUT2D eigenvalue weighted by Crippen LogP contribution is -2.33. The Morgan fingerprint density at radius 2 is 1.66 bits per heavy atom. The van der Waals surface area contributed by atoms with Crippen molar-refractivity contribution in [1.82, 2.24) is 4.90 Å². The van der Waals surface area contributed by atoms with Gasteiger partial charge < -0.3 is 20.1 Å². The number of aryl methyl sites for hydroxylation is 1. The van der Waals surface area contributed by atoms with E-state index >= 15 is 0 Å². The van der Waals surface area contributed by atoms with Crippen LogP contribution in [0.2, 0.25) is 0 Å². The van der Waals surface area contributed by atoms with Crippen LogP contribution in [0.25, 0.3) is 0 Å². The second kappa shape index (κ2) is 14.5. The highest BCUT2D eigenvalue weighted by atomic mass is 32.2. The summed E-state index contributed by atoms with van der Waals surface area (Å²) in [5, 5.41) is 6.08. The van der Waals surface area contributed by atoms with Crippen molar-refractivity contribution < 1.29 is 23.9 Å². The molecule has 0 bridgehead atoms. The summed E-state index contributed by atoms with van der Waals surface area (Å²) in [6.45, 7) is 2.84. The minimum Gasteiger partial charge on any atom is -0.497 e. The van der Waals surface area contributed by atoms with Crippen molar-refractivity contribution in [3.05, 3.63) is 94.5 Å². The molecule has 214 valence electrons. The molecule has 0 unspecified atom stereocenters. The van der Waals surface area contributed by atoms with Crippen molar-refractivity contribution in [2.75, 3.05) is 38.0 Å². The highest BCUT2D eigenvalue weighted by molar-refractivity contribution is 8.04. The number of unbranched alkanes of at least 4 members (excludes halogenated alkanes) is 1. The smallest absolute Gasteiger partial charge is 0.278 e. The zero-order chi connectivity index (χ0) is 29.2. The van der Waals surface area contributed by atoms with Crippen molar-refractivity contribution in [1.29, 1.82) is 0 Å². The van der Waals surface area contributed by atoms with E-state index < -0.39 is 5.91 Å². The zero-order valence-electron chi connectivity index (χ0n) is 23.6. The minimum absolute atomic E-state index is 0.209. The van der Waals surface area contributed by atoms with Gasteiger partial charge in [-0.05, 0) is 79.4 Å². The first-order chi connectivity index (χ1) is 19.9. The molecule has 8 nitrogen and oxygen atoms in total. The Hall–Kier alpha value is -4.08. The minimum atomic E-state index is -0.392. The van der Waals surface area contributed by atoms with E-state index in [9.17, 15) is 14.4 Å². The number of imide groups is 1. The largest absolute Gasteiger partial charge is 0.497 e. The van der Waals surface area contributed by atoms with Gasteiger partial charge >= 0.3 is 0 Å². The molecule has 4 rings (SSSR count). The third kappa shape index (κ3) is 7.77. The van der Waals surface area contributed by atoms with Gasteiger partial charge in [0, 0.05) is 42.1 Å². The van der Waals surface area contributed by atoms with E-state index in [0.717, 1.165) is 19.3 Å². The van der Waals surface area contributed by atoms with Gasteiger partial charge in [-0.1, -0.05) is 43.3 Å². The Kier molecular flexibility index (Phi) is 10.6. The van der Waals surface area contributed by atoms with Crippen LogP contribution in [0.5, 0.6) is 5.75 Å². The van der Waals surface area contributed by atoms with Crippen LogP contribution < -0.4 is 15.4 Å². The summed E-state index contributed by atoms with van der Waals surface area (Å²) in [4.78, 5) is 41.9. The molecule has 1 aliphatic rings. The first-order valence-corrected chi connectivity index (χ1v) is 14.4. The lowest BCUT2D eigenvalue weighted by Gasteiger charge is -2.14. The number of methoxy groups -OCH3 is 2. The first-order valence-electron chi connectivity index (χ1n) is 13.6. The van der Waals surface area contributed by atoms with E-state index in [1.165, 1.54) is 22.2 Å². The van der Waals surface area contributed by atoms with Gasteiger partial charge in [0.15, 0.2) is 0 Å². The highest BCUT2D eigenvalue weighted by Gasteiger charge is 2.38. The Labute approximate surface area is 245 Å². The molecule has 0 radical (unpaired) electrons. The molecule has 2 N–H and O–H groups in total. The molecule has 0 atom stereocenters. The molecule has 0 spiro atoms. The highest BCUT2D eigenvalue weighted by Crippen LogP contribution is 2.37. The molecule has 3 aromatic rings. The van der Waals surface area contributed by atoms with E-state index in [4.69, 9.17) is 9.47 Å². The third-order valence-corrected chi connectivity index (χ3v) is 7.63. The van der Waals surface area contributed by atoms with Crippen LogP contribution >= 0.6 is 11.8 Å². The number of nitrogens with one attached hydrogen (secondary N) is 2. The van der Waals surface area contributed by atoms with Crippen molar-refractivity contribution in [2.45, 2.75) is 37.5 Å². The molecule has 3 amide bonds. The average molecular weight is 574 g/mol. The fraction of sp³-hybridized carbons (Fsp3) is 0.281. The van der Waals surface area contributed by atoms with Crippen LogP contribution in [0.3, 0.4) is 0 Å². The summed E-state index contributed by atoms with van der Waals surface area (Å²) in [6, 6.07) is 22.0. The normalized spacial score (nSPS) is 13.1. The number of benzene rings is 3. The second-order valence-electron chi connectivity index (χ2n) is 9.55. The van der Waals surface area contributed by atoms with Gasteiger partial charge in [0.1, 0.15) is 16.4 Å². The van der Waals surface area contributed by atoms with Crippen LogP contribution in [0.15, 0.2) is 88.3 Å². The lowest BCUT2D eigenvalue weighted by molar-refractivity contribution is -0.137. The lowest BCUT2D eigenvalue weighted by atomic mass is 10.1. The van der Waals surface area contributed by atoms with Crippen LogP contribution in [-0.2, 0) is 20.7 Å². The SMILES string of the molecule is CCCCc1ccc(C(=O)Nc2cccc(SC3=C(Nc4ccc(OC)cc4)C(=O)N(CCCOC)C3=O)c2)cc1. The van der Waals surface area contributed by atoms with Gasteiger partial charge in [-0.3, -0.25) is 19.3 Å². The van der Waals surface area contributed by atoms with Gasteiger partial charge in [-0.25, -0.2) is 0 Å². The molecule has 0 saturated heterocycles. The number of amides is 3.